The molecule has 9 rings (SSSR count). The second kappa shape index (κ2) is 17.3. The Balaban J connectivity index is 0.00000231. The number of hydrogen-bond acceptors (Lipinski definition) is 9. The molecule has 6 saturated heterocycles. The standard InChI is InChI=1S/C44H55ClN8O3.CH2O/c1-32-28-44(31-53(32)39-4-2-3-34(45)27-39)16-21-47(22-17-44)35-7-5-33(6-8-35)42(55)50-18-13-37(14-19-50)51-29-40(30-51)49-25-23-48(24-26-49)36-9-11-38(12-10-36)52-20-15-41(54)46-43(52)56;1-2/h2-12,27,32,37,40H,13-26,28-31H2,1H3,(H,46,54,56);1H2/t32-;/m0./s1. The second-order valence-corrected chi connectivity index (χ2v) is 17.6. The molecule has 1 atom stereocenters. The fourth-order valence-electron chi connectivity index (χ4n) is 10.4. The molecule has 6 heterocycles. The summed E-state index contributed by atoms with van der Waals surface area (Å²) in [6, 6.07) is 26.2. The summed E-state index contributed by atoms with van der Waals surface area (Å²) in [5.41, 5.74) is 5.60. The van der Waals surface area contributed by atoms with Crippen LogP contribution in [0.2, 0.25) is 5.02 Å². The summed E-state index contributed by atoms with van der Waals surface area (Å²) in [5.74, 6) is -0.0507. The first kappa shape index (κ1) is 40.1. The third-order valence-corrected chi connectivity index (χ3v) is 14.0. The summed E-state index contributed by atoms with van der Waals surface area (Å²) < 4.78 is 0. The van der Waals surface area contributed by atoms with Crippen molar-refractivity contribution < 1.29 is 19.2 Å². The van der Waals surface area contributed by atoms with Crippen molar-refractivity contribution in [1.29, 1.82) is 0 Å². The van der Waals surface area contributed by atoms with E-state index in [0.29, 0.717) is 36.5 Å². The number of likely N-dealkylation sites (tertiary alicyclic amines) is 2. The van der Waals surface area contributed by atoms with Crippen LogP contribution in [-0.4, -0.2) is 136 Å². The van der Waals surface area contributed by atoms with E-state index in [9.17, 15) is 14.4 Å². The number of urea groups is 1. The first-order valence-electron chi connectivity index (χ1n) is 21.1. The van der Waals surface area contributed by atoms with Crippen LogP contribution < -0.4 is 24.9 Å². The van der Waals surface area contributed by atoms with E-state index in [1.54, 1.807) is 4.90 Å². The highest BCUT2D eigenvalue weighted by Gasteiger charge is 2.44. The molecular weight excluding hydrogens is 752 g/mol. The topological polar surface area (TPSA) is 103 Å². The average molecular weight is 809 g/mol. The first-order chi connectivity index (χ1) is 28.2. The third-order valence-electron chi connectivity index (χ3n) is 13.8. The van der Waals surface area contributed by atoms with Crippen LogP contribution >= 0.6 is 11.6 Å². The van der Waals surface area contributed by atoms with Crippen molar-refractivity contribution in [2.24, 2.45) is 5.41 Å². The Hall–Kier alpha value is -4.65. The molecule has 12 nitrogen and oxygen atoms in total. The molecular formula is C45H57ClN8O4. The quantitative estimate of drug-likeness (QED) is 0.327. The van der Waals surface area contributed by atoms with Gasteiger partial charge in [0.05, 0.1) is 0 Å². The first-order valence-corrected chi connectivity index (χ1v) is 21.5. The molecule has 0 aliphatic carbocycles. The fraction of sp³-hybridized carbons (Fsp3) is 0.511. The van der Waals surface area contributed by atoms with Gasteiger partial charge < -0.3 is 24.4 Å². The Morgan fingerprint density at radius 1 is 0.724 bits per heavy atom. The van der Waals surface area contributed by atoms with Gasteiger partial charge in [0.1, 0.15) is 6.79 Å². The van der Waals surface area contributed by atoms with E-state index >= 15 is 0 Å². The van der Waals surface area contributed by atoms with Crippen molar-refractivity contribution in [3.63, 3.8) is 0 Å². The van der Waals surface area contributed by atoms with Crippen LogP contribution in [0.25, 0.3) is 0 Å². The van der Waals surface area contributed by atoms with Gasteiger partial charge in [0.25, 0.3) is 5.91 Å². The lowest BCUT2D eigenvalue weighted by Gasteiger charge is -2.52. The van der Waals surface area contributed by atoms with E-state index in [4.69, 9.17) is 16.4 Å². The van der Waals surface area contributed by atoms with Gasteiger partial charge in [-0.1, -0.05) is 17.7 Å². The highest BCUT2D eigenvalue weighted by atomic mass is 35.5. The molecule has 6 aliphatic heterocycles. The summed E-state index contributed by atoms with van der Waals surface area (Å²) in [4.78, 5) is 61.7. The zero-order valence-electron chi connectivity index (χ0n) is 33.7. The highest BCUT2D eigenvalue weighted by molar-refractivity contribution is 6.30. The number of halogens is 1. The molecule has 0 bridgehead atoms. The molecule has 1 spiro atoms. The molecule has 13 heteroatoms. The lowest BCUT2D eigenvalue weighted by atomic mass is 9.76. The zero-order chi connectivity index (χ0) is 40.4. The number of piperidine rings is 2. The second-order valence-electron chi connectivity index (χ2n) is 17.1. The number of carbonyl (C=O) groups excluding carboxylic acids is 4. The molecule has 0 aromatic heterocycles. The van der Waals surface area contributed by atoms with Crippen molar-refractivity contribution in [3.05, 3.63) is 83.4 Å². The smallest absolute Gasteiger partial charge is 0.328 e. The third kappa shape index (κ3) is 8.42. The van der Waals surface area contributed by atoms with E-state index < -0.39 is 0 Å². The largest absolute Gasteiger partial charge is 0.371 e. The van der Waals surface area contributed by atoms with Crippen LogP contribution in [0.5, 0.6) is 0 Å². The minimum Gasteiger partial charge on any atom is -0.371 e. The van der Waals surface area contributed by atoms with E-state index in [-0.39, 0.29) is 17.8 Å². The van der Waals surface area contributed by atoms with Crippen molar-refractivity contribution in [2.75, 3.05) is 98.1 Å². The summed E-state index contributed by atoms with van der Waals surface area (Å²) in [6.07, 6.45) is 6.00. The Morgan fingerprint density at radius 3 is 1.98 bits per heavy atom. The van der Waals surface area contributed by atoms with E-state index in [2.05, 4.69) is 84.1 Å². The fourth-order valence-corrected chi connectivity index (χ4v) is 10.6. The number of piperazine rings is 1. The maximum atomic E-state index is 13.6. The van der Waals surface area contributed by atoms with Gasteiger partial charge in [-0.3, -0.25) is 29.6 Å². The zero-order valence-corrected chi connectivity index (χ0v) is 34.5. The molecule has 0 saturated carbocycles. The lowest BCUT2D eigenvalue weighted by Crippen LogP contribution is -2.66. The highest BCUT2D eigenvalue weighted by Crippen LogP contribution is 2.46. The number of anilines is 4. The summed E-state index contributed by atoms with van der Waals surface area (Å²) in [7, 11) is 0. The molecule has 1 N–H and O–H groups in total. The number of amides is 4. The number of nitrogens with zero attached hydrogens (tertiary/aromatic N) is 7. The minimum absolute atomic E-state index is 0.163. The summed E-state index contributed by atoms with van der Waals surface area (Å²) >= 11 is 6.33. The number of nitrogens with one attached hydrogen (secondary N) is 1. The lowest BCUT2D eigenvalue weighted by molar-refractivity contribution is -0.120. The van der Waals surface area contributed by atoms with Gasteiger partial charge >= 0.3 is 6.03 Å². The molecule has 4 amide bonds. The van der Waals surface area contributed by atoms with Crippen molar-refractivity contribution >= 4 is 59.0 Å². The van der Waals surface area contributed by atoms with Crippen LogP contribution in [0.3, 0.4) is 0 Å². The van der Waals surface area contributed by atoms with Gasteiger partial charge in [0.15, 0.2) is 0 Å². The van der Waals surface area contributed by atoms with Gasteiger partial charge in [-0.15, -0.1) is 0 Å². The van der Waals surface area contributed by atoms with Crippen molar-refractivity contribution in [2.45, 2.75) is 63.6 Å². The van der Waals surface area contributed by atoms with E-state index in [1.165, 1.54) is 36.3 Å². The number of rotatable bonds is 7. The Morgan fingerprint density at radius 2 is 1.34 bits per heavy atom. The molecule has 308 valence electrons. The van der Waals surface area contributed by atoms with Gasteiger partial charge in [-0.2, -0.15) is 0 Å². The molecule has 6 fully saturated rings. The molecule has 3 aromatic rings. The molecule has 6 aliphatic rings. The van der Waals surface area contributed by atoms with E-state index in [0.717, 1.165) is 101 Å². The van der Waals surface area contributed by atoms with Gasteiger partial charge in [-0.05, 0) is 111 Å². The summed E-state index contributed by atoms with van der Waals surface area (Å²) in [5, 5.41) is 3.20. The van der Waals surface area contributed by atoms with E-state index in [1.807, 2.05) is 37.1 Å². The van der Waals surface area contributed by atoms with Gasteiger partial charge in [0.2, 0.25) is 5.91 Å². The number of imide groups is 1. The predicted molar refractivity (Wildman–Crippen MR) is 230 cm³/mol. The Bertz CT molecular complexity index is 1920. The number of hydrogen-bond donors (Lipinski definition) is 1. The maximum absolute atomic E-state index is 13.6. The number of benzene rings is 3. The molecule has 58 heavy (non-hydrogen) atoms. The van der Waals surface area contributed by atoms with Crippen molar-refractivity contribution in [3.8, 4) is 0 Å². The molecule has 3 aromatic carbocycles. The monoisotopic (exact) mass is 808 g/mol. The van der Waals surface area contributed by atoms with Gasteiger partial charge in [0, 0.05) is 136 Å². The molecule has 0 radical (unpaired) electrons. The van der Waals surface area contributed by atoms with Gasteiger partial charge in [-0.25, -0.2) is 4.79 Å². The average Bonchev–Trinajstić information content (AvgIpc) is 3.56. The number of carbonyl (C=O) groups is 4. The SMILES string of the molecule is C=O.C[C@H]1CC2(CCN(c3ccc(C(=O)N4CCC(N5CC(N6CCN(c7ccc(N8CCC(=O)NC8=O)cc7)CC6)C5)CC4)cc3)CC2)CN1c1cccc(Cl)c1. The van der Waals surface area contributed by atoms with Crippen LogP contribution in [0, 0.1) is 5.41 Å². The molecule has 0 unspecified atom stereocenters. The van der Waals surface area contributed by atoms with Crippen LogP contribution in [0.1, 0.15) is 55.8 Å². The minimum atomic E-state index is -0.346. The van der Waals surface area contributed by atoms with Crippen LogP contribution in [0.15, 0.2) is 72.8 Å². The normalized spacial score (nSPS) is 23.4. The Labute approximate surface area is 347 Å². The van der Waals surface area contributed by atoms with Crippen molar-refractivity contribution in [1.82, 2.24) is 20.0 Å². The van der Waals surface area contributed by atoms with Crippen LogP contribution in [-0.2, 0) is 9.59 Å². The summed E-state index contributed by atoms with van der Waals surface area (Å²) in [6.45, 7) is 15.9. The maximum Gasteiger partial charge on any atom is 0.328 e. The Kier molecular flexibility index (Phi) is 12.0. The predicted octanol–water partition coefficient (Wildman–Crippen LogP) is 5.60. The van der Waals surface area contributed by atoms with Crippen LogP contribution in [0.4, 0.5) is 27.5 Å².